The van der Waals surface area contributed by atoms with Crippen LogP contribution in [0.4, 0.5) is 4.39 Å². The van der Waals surface area contributed by atoms with Crippen LogP contribution in [0.1, 0.15) is 25.7 Å². The Morgan fingerprint density at radius 1 is 1.17 bits per heavy atom. The topological polar surface area (TPSA) is 17.1 Å². The van der Waals surface area contributed by atoms with Crippen molar-refractivity contribution >= 4 is 5.78 Å². The van der Waals surface area contributed by atoms with Gasteiger partial charge in [0, 0.05) is 11.8 Å². The molecule has 4 bridgehead atoms. The number of halogens is 1. The molecular formula is C10H13FO. The number of alkyl halides is 1. The van der Waals surface area contributed by atoms with Gasteiger partial charge in [-0.15, -0.1) is 0 Å². The van der Waals surface area contributed by atoms with Gasteiger partial charge in [0.25, 0.3) is 0 Å². The first kappa shape index (κ1) is 7.05. The van der Waals surface area contributed by atoms with Crippen molar-refractivity contribution in [2.24, 2.45) is 23.7 Å². The molecule has 0 heterocycles. The lowest BCUT2D eigenvalue weighted by Gasteiger charge is -2.50. The molecule has 4 aliphatic rings. The summed E-state index contributed by atoms with van der Waals surface area (Å²) in [4.78, 5) is 11.5. The quantitative estimate of drug-likeness (QED) is 0.540. The van der Waals surface area contributed by atoms with Crippen LogP contribution < -0.4 is 0 Å². The fourth-order valence-electron chi connectivity index (χ4n) is 3.56. The number of hydrogen-bond acceptors (Lipinski definition) is 1. The predicted octanol–water partition coefficient (Wildman–Crippen LogP) is 1.96. The molecule has 12 heavy (non-hydrogen) atoms. The summed E-state index contributed by atoms with van der Waals surface area (Å²) in [6, 6.07) is 0. The monoisotopic (exact) mass is 168 g/mol. The Kier molecular flexibility index (Phi) is 1.23. The Bertz CT molecular complexity index is 238. The van der Waals surface area contributed by atoms with Crippen LogP contribution in [0.25, 0.3) is 0 Å². The third-order valence-electron chi connectivity index (χ3n) is 4.03. The second kappa shape index (κ2) is 2.09. The number of carbonyl (C=O) groups is 1. The lowest BCUT2D eigenvalue weighted by molar-refractivity contribution is -0.147. The van der Waals surface area contributed by atoms with Gasteiger partial charge < -0.3 is 0 Å². The first-order valence-corrected chi connectivity index (χ1v) is 4.93. The zero-order valence-corrected chi connectivity index (χ0v) is 7.00. The van der Waals surface area contributed by atoms with E-state index in [9.17, 15) is 9.18 Å². The highest BCUT2D eigenvalue weighted by molar-refractivity contribution is 5.86. The number of carbonyl (C=O) groups excluding carboxylic acids is 1. The summed E-state index contributed by atoms with van der Waals surface area (Å²) in [5.74, 6) is 1.23. The molecule has 4 saturated carbocycles. The first-order valence-electron chi connectivity index (χ1n) is 4.93. The van der Waals surface area contributed by atoms with Gasteiger partial charge in [-0.2, -0.15) is 0 Å². The highest BCUT2D eigenvalue weighted by atomic mass is 19.1. The maximum absolute atomic E-state index is 13.5. The van der Waals surface area contributed by atoms with Crippen LogP contribution in [-0.2, 0) is 4.79 Å². The number of ketones is 1. The van der Waals surface area contributed by atoms with Gasteiger partial charge in [-0.25, -0.2) is 4.39 Å². The molecule has 4 aliphatic carbocycles. The molecule has 0 N–H and O–H groups in total. The minimum absolute atomic E-state index is 0.193. The summed E-state index contributed by atoms with van der Waals surface area (Å²) in [5, 5.41) is 0. The van der Waals surface area contributed by atoms with Crippen molar-refractivity contribution in [2.75, 3.05) is 0 Å². The van der Waals surface area contributed by atoms with Gasteiger partial charge in [0.1, 0.15) is 12.0 Å². The molecule has 0 saturated heterocycles. The Balaban J connectivity index is 1.98. The third-order valence-corrected chi connectivity index (χ3v) is 4.03. The molecule has 0 aliphatic heterocycles. The molecule has 0 amide bonds. The molecule has 0 aromatic carbocycles. The SMILES string of the molecule is O=C1[C@H]2C[C@@H]3C[C@H](C2)[C@H](F)[C@H]1C3. The second-order valence-electron chi connectivity index (χ2n) is 4.72. The minimum Gasteiger partial charge on any atom is -0.299 e. The molecule has 0 unspecified atom stereocenters. The Hall–Kier alpha value is -0.400. The average Bonchev–Trinajstić information content (AvgIpc) is 2.07. The minimum atomic E-state index is -0.787. The fraction of sp³-hybridized carbons (Fsp3) is 0.900. The zero-order valence-electron chi connectivity index (χ0n) is 7.00. The zero-order chi connectivity index (χ0) is 8.29. The molecule has 0 aromatic rings. The predicted molar refractivity (Wildman–Crippen MR) is 42.3 cm³/mol. The van der Waals surface area contributed by atoms with Crippen molar-refractivity contribution < 1.29 is 9.18 Å². The van der Waals surface area contributed by atoms with Crippen LogP contribution in [0.2, 0.25) is 0 Å². The van der Waals surface area contributed by atoms with Crippen LogP contribution in [-0.4, -0.2) is 12.0 Å². The number of rotatable bonds is 0. The maximum atomic E-state index is 13.5. The molecule has 2 heteroatoms. The average molecular weight is 168 g/mol. The van der Waals surface area contributed by atoms with E-state index >= 15 is 0 Å². The summed E-state index contributed by atoms with van der Waals surface area (Å²) >= 11 is 0. The molecule has 5 atom stereocenters. The summed E-state index contributed by atoms with van der Waals surface area (Å²) < 4.78 is 13.5. The van der Waals surface area contributed by atoms with Crippen molar-refractivity contribution in [1.82, 2.24) is 0 Å². The Labute approximate surface area is 71.3 Å². The van der Waals surface area contributed by atoms with E-state index in [1.807, 2.05) is 0 Å². The number of Topliss-reactive ketones (excluding diaryl/α,β-unsaturated/α-hetero) is 1. The van der Waals surface area contributed by atoms with Crippen molar-refractivity contribution in [2.45, 2.75) is 31.9 Å². The van der Waals surface area contributed by atoms with Gasteiger partial charge in [-0.05, 0) is 37.5 Å². The molecule has 0 spiro atoms. The molecule has 66 valence electrons. The maximum Gasteiger partial charge on any atom is 0.141 e. The lowest BCUT2D eigenvalue weighted by atomic mass is 9.55. The largest absolute Gasteiger partial charge is 0.299 e. The molecule has 1 nitrogen and oxygen atoms in total. The van der Waals surface area contributed by atoms with Gasteiger partial charge in [0.2, 0.25) is 0 Å². The van der Waals surface area contributed by atoms with Crippen molar-refractivity contribution in [3.63, 3.8) is 0 Å². The normalized spacial score (nSPS) is 56.4. The fourth-order valence-corrected chi connectivity index (χ4v) is 3.56. The summed E-state index contributed by atoms with van der Waals surface area (Å²) in [6.45, 7) is 0. The highest BCUT2D eigenvalue weighted by Gasteiger charge is 2.53. The van der Waals surface area contributed by atoms with E-state index in [4.69, 9.17) is 0 Å². The van der Waals surface area contributed by atoms with Crippen molar-refractivity contribution in [3.8, 4) is 0 Å². The van der Waals surface area contributed by atoms with Gasteiger partial charge >= 0.3 is 0 Å². The van der Waals surface area contributed by atoms with Crippen LogP contribution in [0.3, 0.4) is 0 Å². The van der Waals surface area contributed by atoms with Gasteiger partial charge in [0.05, 0.1) is 0 Å². The highest BCUT2D eigenvalue weighted by Crippen LogP contribution is 2.52. The van der Waals surface area contributed by atoms with Crippen LogP contribution in [0.5, 0.6) is 0 Å². The molecule has 4 fully saturated rings. The van der Waals surface area contributed by atoms with E-state index in [-0.39, 0.29) is 23.5 Å². The lowest BCUT2D eigenvalue weighted by Crippen LogP contribution is -2.52. The van der Waals surface area contributed by atoms with Crippen molar-refractivity contribution in [1.29, 1.82) is 0 Å². The number of hydrogen-bond donors (Lipinski definition) is 0. The van der Waals surface area contributed by atoms with Crippen molar-refractivity contribution in [3.05, 3.63) is 0 Å². The standard InChI is InChI=1S/C10H13FO/c11-9-6-1-5-2-7(4-6)10(12)8(9)3-5/h5-9H,1-4H2/t5-,6+,7-,8+,9-/m0/s1. The van der Waals surface area contributed by atoms with E-state index in [2.05, 4.69) is 0 Å². The van der Waals surface area contributed by atoms with E-state index in [1.54, 1.807) is 0 Å². The van der Waals surface area contributed by atoms with E-state index in [1.165, 1.54) is 0 Å². The Morgan fingerprint density at radius 2 is 2.00 bits per heavy atom. The summed E-state index contributed by atoms with van der Waals surface area (Å²) in [6.07, 6.45) is 3.05. The van der Waals surface area contributed by atoms with Crippen LogP contribution in [0, 0.1) is 23.7 Å². The van der Waals surface area contributed by atoms with E-state index < -0.39 is 6.17 Å². The van der Waals surface area contributed by atoms with Gasteiger partial charge in [0.15, 0.2) is 0 Å². The molecule has 0 radical (unpaired) electrons. The van der Waals surface area contributed by atoms with E-state index in [0.29, 0.717) is 5.92 Å². The smallest absolute Gasteiger partial charge is 0.141 e. The summed E-state index contributed by atoms with van der Waals surface area (Å²) in [5.41, 5.74) is 0. The molecular weight excluding hydrogens is 155 g/mol. The molecule has 4 rings (SSSR count). The second-order valence-corrected chi connectivity index (χ2v) is 4.72. The Morgan fingerprint density at radius 3 is 2.83 bits per heavy atom. The summed E-state index contributed by atoms with van der Waals surface area (Å²) in [7, 11) is 0. The first-order chi connectivity index (χ1) is 5.75. The van der Waals surface area contributed by atoms with E-state index in [0.717, 1.165) is 25.7 Å². The van der Waals surface area contributed by atoms with Crippen LogP contribution >= 0.6 is 0 Å². The van der Waals surface area contributed by atoms with Gasteiger partial charge in [-0.1, -0.05) is 0 Å². The van der Waals surface area contributed by atoms with Gasteiger partial charge in [-0.3, -0.25) is 4.79 Å². The third kappa shape index (κ3) is 0.711. The van der Waals surface area contributed by atoms with Crippen LogP contribution in [0.15, 0.2) is 0 Å². The molecule has 0 aromatic heterocycles.